The fourth-order valence-corrected chi connectivity index (χ4v) is 2.48. The maximum absolute atomic E-state index is 5.70. The summed E-state index contributed by atoms with van der Waals surface area (Å²) in [4.78, 5) is 9.01. The number of hydrogen-bond donors (Lipinski definition) is 2. The Balaban J connectivity index is 1.73. The average Bonchev–Trinajstić information content (AvgIpc) is 2.66. The number of hydrogen-bond acceptors (Lipinski definition) is 4. The summed E-state index contributed by atoms with van der Waals surface area (Å²) in [6.45, 7) is 0.917. The van der Waals surface area contributed by atoms with E-state index in [1.54, 1.807) is 0 Å². The Kier molecular flexibility index (Phi) is 3.42. The van der Waals surface area contributed by atoms with Gasteiger partial charge in [-0.1, -0.05) is 12.1 Å². The van der Waals surface area contributed by atoms with E-state index in [1.807, 2.05) is 30.6 Å². The summed E-state index contributed by atoms with van der Waals surface area (Å²) in [5.41, 5.74) is 8.90. The Morgan fingerprint density at radius 1 is 1.26 bits per heavy atom. The third-order valence-corrected chi connectivity index (χ3v) is 3.52. The van der Waals surface area contributed by atoms with Gasteiger partial charge in [-0.15, -0.1) is 0 Å². The summed E-state index contributed by atoms with van der Waals surface area (Å²) in [7, 11) is 0. The second kappa shape index (κ2) is 5.36. The van der Waals surface area contributed by atoms with Gasteiger partial charge in [0.05, 0.1) is 17.8 Å². The van der Waals surface area contributed by atoms with Crippen LogP contribution in [-0.4, -0.2) is 30.6 Å². The van der Waals surface area contributed by atoms with Crippen LogP contribution in [0.25, 0.3) is 0 Å². The molecule has 0 aliphatic carbocycles. The number of nitrogens with one attached hydrogen (secondary N) is 1. The van der Waals surface area contributed by atoms with Crippen molar-refractivity contribution in [2.24, 2.45) is 9.98 Å². The molecule has 0 amide bonds. The van der Waals surface area contributed by atoms with Gasteiger partial charge in [0, 0.05) is 31.1 Å². The molecule has 1 aromatic rings. The molecular weight excluding hydrogens is 236 g/mol. The molecule has 2 atom stereocenters. The molecular formula is C15H18N4. The summed E-state index contributed by atoms with van der Waals surface area (Å²) in [6, 6.07) is 8.66. The maximum Gasteiger partial charge on any atom is 0.0668 e. The molecule has 2 unspecified atom stereocenters. The second-order valence-electron chi connectivity index (χ2n) is 5.00. The average molecular weight is 254 g/mol. The Labute approximate surface area is 113 Å². The normalized spacial score (nSPS) is 25.6. The van der Waals surface area contributed by atoms with Crippen molar-refractivity contribution in [3.63, 3.8) is 0 Å². The lowest BCUT2D eigenvalue weighted by Crippen LogP contribution is -2.45. The van der Waals surface area contributed by atoms with Crippen LogP contribution in [0.5, 0.6) is 0 Å². The topological polar surface area (TPSA) is 62.8 Å². The van der Waals surface area contributed by atoms with Crippen molar-refractivity contribution in [3.8, 4) is 0 Å². The lowest BCUT2D eigenvalue weighted by atomic mass is 10.0. The molecule has 19 heavy (non-hydrogen) atoms. The van der Waals surface area contributed by atoms with Crippen LogP contribution in [-0.2, 0) is 6.42 Å². The van der Waals surface area contributed by atoms with Crippen molar-refractivity contribution in [1.82, 2.24) is 5.32 Å². The van der Waals surface area contributed by atoms with Gasteiger partial charge in [-0.2, -0.15) is 0 Å². The fraction of sp³-hybridized carbons (Fsp3) is 0.333. The van der Waals surface area contributed by atoms with Crippen LogP contribution in [0, 0.1) is 0 Å². The Hall–Kier alpha value is -1.94. The number of nitrogens with zero attached hydrogens (tertiary/aromatic N) is 2. The molecule has 4 heteroatoms. The Morgan fingerprint density at radius 3 is 2.95 bits per heavy atom. The molecule has 2 aliphatic rings. The molecule has 0 saturated carbocycles. The quantitative estimate of drug-likeness (QED) is 0.787. The van der Waals surface area contributed by atoms with Gasteiger partial charge in [0.1, 0.15) is 0 Å². The molecule has 0 aromatic heterocycles. The standard InChI is InChI=1S/C15H18N4/c16-12-3-1-11(2-4-12)9-13-10-18-14-5-7-17-8-6-15(14)19-13/h1-4,6-8,13-14,18H,5,9-10,16H2. The minimum atomic E-state index is 0.289. The SMILES string of the molecule is Nc1ccc(CC2CNC3CC=NC=CC3=N2)cc1. The van der Waals surface area contributed by atoms with Crippen LogP contribution in [0.2, 0.25) is 0 Å². The van der Waals surface area contributed by atoms with Crippen LogP contribution < -0.4 is 11.1 Å². The predicted molar refractivity (Wildman–Crippen MR) is 79.8 cm³/mol. The minimum Gasteiger partial charge on any atom is -0.399 e. The van der Waals surface area contributed by atoms with Crippen LogP contribution in [0.15, 0.2) is 46.5 Å². The first-order valence-corrected chi connectivity index (χ1v) is 6.65. The van der Waals surface area contributed by atoms with Gasteiger partial charge in [-0.3, -0.25) is 9.98 Å². The van der Waals surface area contributed by atoms with E-state index in [2.05, 4.69) is 22.4 Å². The van der Waals surface area contributed by atoms with Gasteiger partial charge in [-0.25, -0.2) is 0 Å². The molecule has 2 aliphatic heterocycles. The highest BCUT2D eigenvalue weighted by Gasteiger charge is 2.22. The van der Waals surface area contributed by atoms with Crippen molar-refractivity contribution in [2.45, 2.75) is 24.9 Å². The number of aliphatic imine (C=N–C) groups is 2. The van der Waals surface area contributed by atoms with E-state index >= 15 is 0 Å². The molecule has 0 fully saturated rings. The molecule has 0 saturated heterocycles. The van der Waals surface area contributed by atoms with Crippen molar-refractivity contribution in [1.29, 1.82) is 0 Å². The molecule has 4 nitrogen and oxygen atoms in total. The third-order valence-electron chi connectivity index (χ3n) is 3.52. The number of nitrogen functional groups attached to an aromatic ring is 1. The highest BCUT2D eigenvalue weighted by molar-refractivity contribution is 6.01. The summed E-state index contributed by atoms with van der Waals surface area (Å²) in [5, 5.41) is 3.54. The third kappa shape index (κ3) is 2.90. The second-order valence-corrected chi connectivity index (χ2v) is 5.00. The number of fused-ring (bicyclic) bond motifs is 1. The predicted octanol–water partition coefficient (Wildman–Crippen LogP) is 1.58. The minimum absolute atomic E-state index is 0.289. The molecule has 0 radical (unpaired) electrons. The molecule has 0 spiro atoms. The lowest BCUT2D eigenvalue weighted by Gasteiger charge is -2.26. The van der Waals surface area contributed by atoms with E-state index in [1.165, 1.54) is 5.56 Å². The molecule has 98 valence electrons. The molecule has 0 bridgehead atoms. The first-order valence-electron chi connectivity index (χ1n) is 6.65. The van der Waals surface area contributed by atoms with Gasteiger partial charge in [0.25, 0.3) is 0 Å². The summed E-state index contributed by atoms with van der Waals surface area (Å²) in [6.07, 6.45) is 7.64. The zero-order valence-corrected chi connectivity index (χ0v) is 10.8. The number of benzene rings is 1. The number of anilines is 1. The first kappa shape index (κ1) is 12.1. The van der Waals surface area contributed by atoms with Crippen LogP contribution in [0.1, 0.15) is 12.0 Å². The molecule has 2 heterocycles. The lowest BCUT2D eigenvalue weighted by molar-refractivity contribution is 0.522. The first-order chi connectivity index (χ1) is 9.31. The van der Waals surface area contributed by atoms with Gasteiger partial charge >= 0.3 is 0 Å². The van der Waals surface area contributed by atoms with Gasteiger partial charge in [0.2, 0.25) is 0 Å². The maximum atomic E-state index is 5.70. The highest BCUT2D eigenvalue weighted by Crippen LogP contribution is 2.14. The zero-order valence-electron chi connectivity index (χ0n) is 10.8. The summed E-state index contributed by atoms with van der Waals surface area (Å²) >= 11 is 0. The number of nitrogens with two attached hydrogens (primary N) is 1. The van der Waals surface area contributed by atoms with Crippen LogP contribution in [0.4, 0.5) is 5.69 Å². The van der Waals surface area contributed by atoms with Gasteiger partial charge in [-0.05, 0) is 30.2 Å². The number of rotatable bonds is 2. The van der Waals surface area contributed by atoms with Crippen molar-refractivity contribution in [3.05, 3.63) is 42.1 Å². The van der Waals surface area contributed by atoms with Crippen LogP contribution >= 0.6 is 0 Å². The Morgan fingerprint density at radius 2 is 2.11 bits per heavy atom. The fourth-order valence-electron chi connectivity index (χ4n) is 2.48. The molecule has 3 rings (SSSR count). The van der Waals surface area contributed by atoms with Crippen molar-refractivity contribution >= 4 is 17.6 Å². The monoisotopic (exact) mass is 254 g/mol. The summed E-state index contributed by atoms with van der Waals surface area (Å²) in [5.74, 6) is 0. The van der Waals surface area contributed by atoms with E-state index in [-0.39, 0.29) is 6.04 Å². The van der Waals surface area contributed by atoms with E-state index in [0.29, 0.717) is 6.04 Å². The van der Waals surface area contributed by atoms with Gasteiger partial charge in [0.15, 0.2) is 0 Å². The Bertz CT molecular complexity index is 528. The zero-order chi connectivity index (χ0) is 13.1. The van der Waals surface area contributed by atoms with Crippen molar-refractivity contribution < 1.29 is 0 Å². The highest BCUT2D eigenvalue weighted by atomic mass is 15.0. The van der Waals surface area contributed by atoms with E-state index in [0.717, 1.165) is 30.8 Å². The van der Waals surface area contributed by atoms with Crippen molar-refractivity contribution in [2.75, 3.05) is 12.3 Å². The van der Waals surface area contributed by atoms with E-state index in [4.69, 9.17) is 10.7 Å². The largest absolute Gasteiger partial charge is 0.399 e. The molecule has 3 N–H and O–H groups in total. The smallest absolute Gasteiger partial charge is 0.0668 e. The van der Waals surface area contributed by atoms with Gasteiger partial charge < -0.3 is 11.1 Å². The van der Waals surface area contributed by atoms with E-state index in [9.17, 15) is 0 Å². The van der Waals surface area contributed by atoms with E-state index < -0.39 is 0 Å². The summed E-state index contributed by atoms with van der Waals surface area (Å²) < 4.78 is 0. The van der Waals surface area contributed by atoms with Crippen LogP contribution in [0.3, 0.4) is 0 Å². The molecule has 1 aromatic carbocycles.